The lowest BCUT2D eigenvalue weighted by Gasteiger charge is -2.08. The highest BCUT2D eigenvalue weighted by Gasteiger charge is 2.07. The van der Waals surface area contributed by atoms with Crippen molar-refractivity contribution in [2.45, 2.75) is 6.92 Å². The van der Waals surface area contributed by atoms with Gasteiger partial charge >= 0.3 is 6.09 Å². The van der Waals surface area contributed by atoms with E-state index < -0.39 is 6.09 Å². The average molecular weight is 227 g/mol. The zero-order valence-electron chi connectivity index (χ0n) is 9.51. The first-order valence-corrected chi connectivity index (χ1v) is 5.30. The van der Waals surface area contributed by atoms with Gasteiger partial charge in [-0.15, -0.1) is 0 Å². The van der Waals surface area contributed by atoms with E-state index in [1.54, 1.807) is 12.1 Å². The van der Waals surface area contributed by atoms with E-state index in [9.17, 15) is 4.79 Å². The first-order valence-electron chi connectivity index (χ1n) is 5.30. The Kier molecular flexibility index (Phi) is 3.10. The molecule has 2 aromatic carbocycles. The minimum Gasteiger partial charge on any atom is -0.410 e. The van der Waals surface area contributed by atoms with Gasteiger partial charge in [-0.1, -0.05) is 48.0 Å². The largest absolute Gasteiger partial charge is 0.410 e. The lowest BCUT2D eigenvalue weighted by molar-refractivity contribution is 0.211. The van der Waals surface area contributed by atoms with Crippen molar-refractivity contribution in [3.63, 3.8) is 0 Å². The molecule has 17 heavy (non-hydrogen) atoms. The summed E-state index contributed by atoms with van der Waals surface area (Å²) in [7, 11) is 0. The smallest absolute Gasteiger partial charge is 0.409 e. The van der Waals surface area contributed by atoms with Gasteiger partial charge < -0.3 is 10.5 Å². The zero-order valence-corrected chi connectivity index (χ0v) is 9.51. The summed E-state index contributed by atoms with van der Waals surface area (Å²) in [5.74, 6) is 0.477. The van der Waals surface area contributed by atoms with E-state index in [4.69, 9.17) is 10.5 Å². The van der Waals surface area contributed by atoms with Crippen LogP contribution in [0.4, 0.5) is 4.79 Å². The van der Waals surface area contributed by atoms with Gasteiger partial charge in [-0.05, 0) is 18.6 Å². The minimum atomic E-state index is -0.801. The zero-order chi connectivity index (χ0) is 12.3. The number of benzene rings is 2. The SMILES string of the molecule is Cc1cccc(-c2ccccc2OC(N)=O)c1. The van der Waals surface area contributed by atoms with Crippen LogP contribution in [0.25, 0.3) is 11.1 Å². The van der Waals surface area contributed by atoms with E-state index in [1.165, 1.54) is 0 Å². The van der Waals surface area contributed by atoms with Crippen LogP contribution in [0.1, 0.15) is 5.56 Å². The quantitative estimate of drug-likeness (QED) is 0.856. The third kappa shape index (κ3) is 2.64. The van der Waals surface area contributed by atoms with Crippen LogP contribution in [-0.4, -0.2) is 6.09 Å². The van der Waals surface area contributed by atoms with Crippen LogP contribution in [0.2, 0.25) is 0 Å². The monoisotopic (exact) mass is 227 g/mol. The third-order valence-corrected chi connectivity index (χ3v) is 2.43. The number of hydrogen-bond donors (Lipinski definition) is 1. The number of para-hydroxylation sites is 1. The van der Waals surface area contributed by atoms with E-state index >= 15 is 0 Å². The van der Waals surface area contributed by atoms with Crippen molar-refractivity contribution in [2.24, 2.45) is 5.73 Å². The summed E-state index contributed by atoms with van der Waals surface area (Å²) in [6.07, 6.45) is -0.801. The maximum absolute atomic E-state index is 10.8. The highest BCUT2D eigenvalue weighted by molar-refractivity contribution is 5.76. The van der Waals surface area contributed by atoms with E-state index in [2.05, 4.69) is 0 Å². The fourth-order valence-electron chi connectivity index (χ4n) is 1.72. The molecule has 2 N–H and O–H groups in total. The Labute approximate surface area is 99.8 Å². The summed E-state index contributed by atoms with van der Waals surface area (Å²) in [5, 5.41) is 0. The average Bonchev–Trinajstić information content (AvgIpc) is 2.29. The molecule has 0 aromatic heterocycles. The van der Waals surface area contributed by atoms with Crippen LogP contribution in [0.3, 0.4) is 0 Å². The van der Waals surface area contributed by atoms with E-state index in [-0.39, 0.29) is 0 Å². The molecular formula is C14H13NO2. The maximum Gasteiger partial charge on any atom is 0.409 e. The van der Waals surface area contributed by atoms with Gasteiger partial charge in [0.2, 0.25) is 0 Å². The maximum atomic E-state index is 10.8. The number of amides is 1. The molecule has 0 unspecified atom stereocenters. The molecule has 0 aliphatic carbocycles. The Morgan fingerprint density at radius 2 is 1.88 bits per heavy atom. The summed E-state index contributed by atoms with van der Waals surface area (Å²) >= 11 is 0. The number of carbonyl (C=O) groups is 1. The number of hydrogen-bond acceptors (Lipinski definition) is 2. The van der Waals surface area contributed by atoms with Crippen LogP contribution in [-0.2, 0) is 0 Å². The molecule has 0 atom stereocenters. The normalized spacial score (nSPS) is 9.94. The lowest BCUT2D eigenvalue weighted by Crippen LogP contribution is -2.16. The molecule has 1 amide bonds. The molecule has 0 spiro atoms. The van der Waals surface area contributed by atoms with Crippen LogP contribution in [0.15, 0.2) is 48.5 Å². The molecule has 0 aliphatic heterocycles. The van der Waals surface area contributed by atoms with Crippen LogP contribution in [0.5, 0.6) is 5.75 Å². The third-order valence-electron chi connectivity index (χ3n) is 2.43. The molecule has 0 heterocycles. The van der Waals surface area contributed by atoms with Crippen molar-refractivity contribution in [1.29, 1.82) is 0 Å². The number of primary amides is 1. The number of carbonyl (C=O) groups excluding carboxylic acids is 1. The highest BCUT2D eigenvalue weighted by Crippen LogP contribution is 2.30. The molecule has 0 radical (unpaired) electrons. The topological polar surface area (TPSA) is 52.3 Å². The van der Waals surface area contributed by atoms with Crippen molar-refractivity contribution in [2.75, 3.05) is 0 Å². The molecule has 0 saturated heterocycles. The van der Waals surface area contributed by atoms with Crippen molar-refractivity contribution in [1.82, 2.24) is 0 Å². The number of nitrogens with two attached hydrogens (primary N) is 1. The molecule has 0 saturated carbocycles. The molecule has 0 fully saturated rings. The molecule has 3 heteroatoms. The van der Waals surface area contributed by atoms with Crippen LogP contribution < -0.4 is 10.5 Å². The molecule has 3 nitrogen and oxygen atoms in total. The van der Waals surface area contributed by atoms with Crippen molar-refractivity contribution >= 4 is 6.09 Å². The van der Waals surface area contributed by atoms with Crippen molar-refractivity contribution < 1.29 is 9.53 Å². The Hall–Kier alpha value is -2.29. The van der Waals surface area contributed by atoms with Gasteiger partial charge in [0.05, 0.1) is 0 Å². The van der Waals surface area contributed by atoms with Crippen LogP contribution >= 0.6 is 0 Å². The fraction of sp³-hybridized carbons (Fsp3) is 0.0714. The molecule has 2 rings (SSSR count). The van der Waals surface area contributed by atoms with Gasteiger partial charge in [0.1, 0.15) is 5.75 Å². The van der Waals surface area contributed by atoms with Gasteiger partial charge in [0.25, 0.3) is 0 Å². The van der Waals surface area contributed by atoms with Gasteiger partial charge in [-0.2, -0.15) is 0 Å². The second-order valence-corrected chi connectivity index (χ2v) is 3.79. The summed E-state index contributed by atoms with van der Waals surface area (Å²) < 4.78 is 4.98. The van der Waals surface area contributed by atoms with E-state index in [1.807, 2.05) is 43.3 Å². The summed E-state index contributed by atoms with van der Waals surface area (Å²) in [6.45, 7) is 2.01. The van der Waals surface area contributed by atoms with E-state index in [0.717, 1.165) is 16.7 Å². The first-order chi connectivity index (χ1) is 8.16. The molecule has 0 aliphatic rings. The number of rotatable bonds is 2. The summed E-state index contributed by atoms with van der Waals surface area (Å²) in [6, 6.07) is 15.3. The standard InChI is InChI=1S/C14H13NO2/c1-10-5-4-6-11(9-10)12-7-2-3-8-13(12)17-14(15)16/h2-9H,1H3,(H2,15,16). The highest BCUT2D eigenvalue weighted by atomic mass is 16.5. The van der Waals surface area contributed by atoms with Crippen molar-refractivity contribution in [3.05, 3.63) is 54.1 Å². The Balaban J connectivity index is 2.47. The molecular weight excluding hydrogens is 214 g/mol. The minimum absolute atomic E-state index is 0.477. The lowest BCUT2D eigenvalue weighted by atomic mass is 10.0. The fourth-order valence-corrected chi connectivity index (χ4v) is 1.72. The van der Waals surface area contributed by atoms with Gasteiger partial charge in [-0.25, -0.2) is 4.79 Å². The number of aryl methyl sites for hydroxylation is 1. The Morgan fingerprint density at radius 1 is 1.12 bits per heavy atom. The van der Waals surface area contributed by atoms with E-state index in [0.29, 0.717) is 5.75 Å². The second-order valence-electron chi connectivity index (χ2n) is 3.79. The van der Waals surface area contributed by atoms with Gasteiger partial charge in [0, 0.05) is 5.56 Å². The molecule has 0 bridgehead atoms. The molecule has 86 valence electrons. The Morgan fingerprint density at radius 3 is 2.59 bits per heavy atom. The predicted molar refractivity (Wildman–Crippen MR) is 66.8 cm³/mol. The predicted octanol–water partition coefficient (Wildman–Crippen LogP) is 3.12. The Bertz CT molecular complexity index is 549. The van der Waals surface area contributed by atoms with Crippen molar-refractivity contribution in [3.8, 4) is 16.9 Å². The van der Waals surface area contributed by atoms with Gasteiger partial charge in [-0.3, -0.25) is 0 Å². The summed E-state index contributed by atoms with van der Waals surface area (Å²) in [4.78, 5) is 10.8. The second kappa shape index (κ2) is 4.70. The summed E-state index contributed by atoms with van der Waals surface area (Å²) in [5.41, 5.74) is 8.05. The number of ether oxygens (including phenoxy) is 1. The van der Waals surface area contributed by atoms with Gasteiger partial charge in [0.15, 0.2) is 0 Å². The first kappa shape index (κ1) is 11.2. The molecule has 2 aromatic rings. The van der Waals surface area contributed by atoms with Crippen LogP contribution in [0, 0.1) is 6.92 Å².